The molecule has 1 aromatic rings. The van der Waals surface area contributed by atoms with E-state index >= 15 is 0 Å². The summed E-state index contributed by atoms with van der Waals surface area (Å²) in [6.45, 7) is 3.62. The zero-order valence-corrected chi connectivity index (χ0v) is 14.0. The first-order valence-corrected chi connectivity index (χ1v) is 8.85. The van der Waals surface area contributed by atoms with E-state index in [1.807, 2.05) is 6.07 Å². The molecule has 2 saturated heterocycles. The molecule has 4 N–H and O–H groups in total. The minimum atomic E-state index is -0.424. The van der Waals surface area contributed by atoms with E-state index in [-0.39, 0.29) is 11.8 Å². The molecule has 24 heavy (non-hydrogen) atoms. The Kier molecular flexibility index (Phi) is 5.35. The van der Waals surface area contributed by atoms with Gasteiger partial charge in [0.15, 0.2) is 0 Å². The number of rotatable bonds is 4. The Labute approximate surface area is 142 Å². The van der Waals surface area contributed by atoms with Crippen LogP contribution in [0.4, 0.5) is 11.4 Å². The van der Waals surface area contributed by atoms with E-state index in [2.05, 4.69) is 15.5 Å². The number of amides is 2. The monoisotopic (exact) mass is 330 g/mol. The Hall–Kier alpha value is -2.08. The van der Waals surface area contributed by atoms with Crippen molar-refractivity contribution in [2.75, 3.05) is 36.4 Å². The van der Waals surface area contributed by atoms with Gasteiger partial charge in [-0.3, -0.25) is 9.59 Å². The number of benzene rings is 1. The summed E-state index contributed by atoms with van der Waals surface area (Å²) in [5.41, 5.74) is 7.63. The molecule has 0 aromatic heterocycles. The number of piperidine rings is 2. The molecule has 0 unspecified atom stereocenters. The predicted octanol–water partition coefficient (Wildman–Crippen LogP) is 1.71. The van der Waals surface area contributed by atoms with Gasteiger partial charge in [0.1, 0.15) is 0 Å². The SMILES string of the molecule is NC(=O)c1ccc(NC(=O)C2CCNCC2)cc1N1CCCCC1. The lowest BCUT2D eigenvalue weighted by atomic mass is 9.97. The first-order valence-electron chi connectivity index (χ1n) is 8.85. The average molecular weight is 330 g/mol. The third-order valence-electron chi connectivity index (χ3n) is 4.94. The normalized spacial score (nSPS) is 19.1. The summed E-state index contributed by atoms with van der Waals surface area (Å²) in [5, 5.41) is 6.28. The van der Waals surface area contributed by atoms with Gasteiger partial charge in [-0.2, -0.15) is 0 Å². The summed E-state index contributed by atoms with van der Waals surface area (Å²) in [6, 6.07) is 5.39. The fraction of sp³-hybridized carbons (Fsp3) is 0.556. The molecule has 2 heterocycles. The summed E-state index contributed by atoms with van der Waals surface area (Å²) in [7, 11) is 0. The van der Waals surface area contributed by atoms with Gasteiger partial charge in [-0.05, 0) is 63.4 Å². The zero-order chi connectivity index (χ0) is 16.9. The van der Waals surface area contributed by atoms with Crippen LogP contribution in [0, 0.1) is 5.92 Å². The van der Waals surface area contributed by atoms with E-state index in [1.54, 1.807) is 12.1 Å². The molecule has 0 saturated carbocycles. The quantitative estimate of drug-likeness (QED) is 0.784. The van der Waals surface area contributed by atoms with E-state index in [1.165, 1.54) is 6.42 Å². The maximum Gasteiger partial charge on any atom is 0.250 e. The minimum absolute atomic E-state index is 0.0560. The first kappa shape index (κ1) is 16.8. The summed E-state index contributed by atoms with van der Waals surface area (Å²) in [5.74, 6) is -0.305. The number of hydrogen-bond acceptors (Lipinski definition) is 4. The second kappa shape index (κ2) is 7.66. The van der Waals surface area contributed by atoms with Crippen LogP contribution in [-0.4, -0.2) is 38.0 Å². The fourth-order valence-electron chi connectivity index (χ4n) is 3.54. The molecule has 3 rings (SSSR count). The van der Waals surface area contributed by atoms with E-state index in [0.717, 1.165) is 63.2 Å². The topological polar surface area (TPSA) is 87.5 Å². The lowest BCUT2D eigenvalue weighted by Crippen LogP contribution is -2.35. The van der Waals surface area contributed by atoms with Gasteiger partial charge in [0.2, 0.25) is 5.91 Å². The lowest BCUT2D eigenvalue weighted by Gasteiger charge is -2.30. The molecule has 130 valence electrons. The van der Waals surface area contributed by atoms with Crippen LogP contribution in [0.2, 0.25) is 0 Å². The van der Waals surface area contributed by atoms with Gasteiger partial charge in [0, 0.05) is 24.7 Å². The molecule has 2 amide bonds. The van der Waals surface area contributed by atoms with Crippen LogP contribution in [0.1, 0.15) is 42.5 Å². The molecular weight excluding hydrogens is 304 g/mol. The van der Waals surface area contributed by atoms with Gasteiger partial charge < -0.3 is 21.3 Å². The molecule has 2 aliphatic rings. The Morgan fingerprint density at radius 2 is 1.83 bits per heavy atom. The maximum atomic E-state index is 12.4. The summed E-state index contributed by atoms with van der Waals surface area (Å²) in [6.07, 6.45) is 5.18. The van der Waals surface area contributed by atoms with Crippen molar-refractivity contribution >= 4 is 23.2 Å². The zero-order valence-electron chi connectivity index (χ0n) is 14.0. The number of anilines is 2. The highest BCUT2D eigenvalue weighted by molar-refractivity contribution is 6.00. The Morgan fingerprint density at radius 3 is 2.50 bits per heavy atom. The van der Waals surface area contributed by atoms with Gasteiger partial charge >= 0.3 is 0 Å². The van der Waals surface area contributed by atoms with Crippen molar-refractivity contribution in [3.8, 4) is 0 Å². The first-order chi connectivity index (χ1) is 11.6. The summed E-state index contributed by atoms with van der Waals surface area (Å²) in [4.78, 5) is 26.4. The molecule has 0 aliphatic carbocycles. The third-order valence-corrected chi connectivity index (χ3v) is 4.94. The van der Waals surface area contributed by atoms with Crippen LogP contribution in [-0.2, 0) is 4.79 Å². The van der Waals surface area contributed by atoms with E-state index < -0.39 is 5.91 Å². The second-order valence-corrected chi connectivity index (χ2v) is 6.66. The summed E-state index contributed by atoms with van der Waals surface area (Å²) < 4.78 is 0. The van der Waals surface area contributed by atoms with Crippen LogP contribution in [0.5, 0.6) is 0 Å². The summed E-state index contributed by atoms with van der Waals surface area (Å²) >= 11 is 0. The molecule has 6 nitrogen and oxygen atoms in total. The lowest BCUT2D eigenvalue weighted by molar-refractivity contribution is -0.120. The van der Waals surface area contributed by atoms with Crippen molar-refractivity contribution in [2.45, 2.75) is 32.1 Å². The second-order valence-electron chi connectivity index (χ2n) is 6.66. The van der Waals surface area contributed by atoms with Crippen LogP contribution in [0.25, 0.3) is 0 Å². The highest BCUT2D eigenvalue weighted by atomic mass is 16.2. The van der Waals surface area contributed by atoms with Crippen LogP contribution >= 0.6 is 0 Å². The number of carbonyl (C=O) groups is 2. The largest absolute Gasteiger partial charge is 0.371 e. The van der Waals surface area contributed by atoms with Gasteiger partial charge in [-0.1, -0.05) is 0 Å². The molecule has 1 aromatic carbocycles. The number of nitrogens with two attached hydrogens (primary N) is 1. The van der Waals surface area contributed by atoms with Crippen molar-refractivity contribution in [1.29, 1.82) is 0 Å². The van der Waals surface area contributed by atoms with Crippen molar-refractivity contribution < 1.29 is 9.59 Å². The Bertz CT molecular complexity index is 605. The van der Waals surface area contributed by atoms with E-state index in [4.69, 9.17) is 5.73 Å². The maximum absolute atomic E-state index is 12.4. The van der Waals surface area contributed by atoms with Gasteiger partial charge in [0.05, 0.1) is 11.3 Å². The van der Waals surface area contributed by atoms with E-state index in [9.17, 15) is 9.59 Å². The van der Waals surface area contributed by atoms with Crippen molar-refractivity contribution in [3.63, 3.8) is 0 Å². The number of hydrogen-bond donors (Lipinski definition) is 3. The molecular formula is C18H26N4O2. The van der Waals surface area contributed by atoms with Gasteiger partial charge in [-0.25, -0.2) is 0 Å². The fourth-order valence-corrected chi connectivity index (χ4v) is 3.54. The van der Waals surface area contributed by atoms with Gasteiger partial charge in [-0.15, -0.1) is 0 Å². The van der Waals surface area contributed by atoms with Crippen LogP contribution in [0.3, 0.4) is 0 Å². The third kappa shape index (κ3) is 3.87. The van der Waals surface area contributed by atoms with E-state index in [0.29, 0.717) is 5.56 Å². The average Bonchev–Trinajstić information content (AvgIpc) is 2.63. The van der Waals surface area contributed by atoms with Crippen molar-refractivity contribution in [3.05, 3.63) is 23.8 Å². The smallest absolute Gasteiger partial charge is 0.250 e. The van der Waals surface area contributed by atoms with Crippen LogP contribution in [0.15, 0.2) is 18.2 Å². The molecule has 2 aliphatic heterocycles. The highest BCUT2D eigenvalue weighted by Crippen LogP contribution is 2.28. The molecule has 2 fully saturated rings. The molecule has 0 atom stereocenters. The number of nitrogens with zero attached hydrogens (tertiary/aromatic N) is 1. The minimum Gasteiger partial charge on any atom is -0.371 e. The standard InChI is InChI=1S/C18H26N4O2/c19-17(23)15-5-4-14(12-16(15)22-10-2-1-3-11-22)21-18(24)13-6-8-20-9-7-13/h4-5,12-13,20H,1-3,6-11H2,(H2,19,23)(H,21,24). The number of nitrogens with one attached hydrogen (secondary N) is 2. The predicted molar refractivity (Wildman–Crippen MR) is 95.2 cm³/mol. The Balaban J connectivity index is 1.78. The Morgan fingerprint density at radius 1 is 1.12 bits per heavy atom. The number of carbonyl (C=O) groups excluding carboxylic acids is 2. The molecule has 6 heteroatoms. The van der Waals surface area contributed by atoms with Crippen molar-refractivity contribution in [1.82, 2.24) is 5.32 Å². The van der Waals surface area contributed by atoms with Crippen LogP contribution < -0.4 is 21.3 Å². The molecule has 0 bridgehead atoms. The van der Waals surface area contributed by atoms with Gasteiger partial charge in [0.25, 0.3) is 5.91 Å². The van der Waals surface area contributed by atoms with Crippen molar-refractivity contribution in [2.24, 2.45) is 11.7 Å². The highest BCUT2D eigenvalue weighted by Gasteiger charge is 2.22. The molecule has 0 spiro atoms. The molecule has 0 radical (unpaired) electrons. The number of primary amides is 1.